The van der Waals surface area contributed by atoms with Gasteiger partial charge in [-0.15, -0.1) is 6.58 Å². The van der Waals surface area contributed by atoms with Gasteiger partial charge in [0, 0.05) is 5.54 Å². The zero-order valence-corrected chi connectivity index (χ0v) is 8.64. The van der Waals surface area contributed by atoms with E-state index in [2.05, 4.69) is 26.5 Å². The molecule has 5 atom stereocenters. The third-order valence-corrected chi connectivity index (χ3v) is 5.40. The van der Waals surface area contributed by atoms with E-state index in [0.29, 0.717) is 16.7 Å². The fourth-order valence-electron chi connectivity index (χ4n) is 4.16. The molecular weight excluding hydrogens is 158 g/mol. The summed E-state index contributed by atoms with van der Waals surface area (Å²) in [4.78, 5) is 0. The maximum atomic E-state index is 6.43. The summed E-state index contributed by atoms with van der Waals surface area (Å²) in [5.74, 6) is 1.56. The molecule has 3 rings (SSSR count). The number of nitrogens with two attached hydrogens (primary N) is 1. The Hall–Kier alpha value is -0.300. The summed E-state index contributed by atoms with van der Waals surface area (Å²) in [6, 6.07) is 0. The molecule has 1 heteroatoms. The van der Waals surface area contributed by atoms with Crippen LogP contribution in [0.1, 0.15) is 33.1 Å². The van der Waals surface area contributed by atoms with E-state index in [-0.39, 0.29) is 5.54 Å². The Balaban J connectivity index is 1.98. The monoisotopic (exact) mass is 177 g/mol. The highest BCUT2D eigenvalue weighted by atomic mass is 15.0. The Kier molecular flexibility index (Phi) is 1.08. The van der Waals surface area contributed by atoms with Crippen LogP contribution < -0.4 is 5.73 Å². The van der Waals surface area contributed by atoms with Gasteiger partial charge < -0.3 is 5.73 Å². The van der Waals surface area contributed by atoms with Crippen LogP contribution >= 0.6 is 0 Å². The molecule has 0 aliphatic heterocycles. The molecule has 72 valence electrons. The normalized spacial score (nSPS) is 67.9. The third-order valence-electron chi connectivity index (χ3n) is 5.40. The van der Waals surface area contributed by atoms with E-state index >= 15 is 0 Å². The van der Waals surface area contributed by atoms with Crippen molar-refractivity contribution in [2.24, 2.45) is 28.4 Å². The Morgan fingerprint density at radius 2 is 2.15 bits per heavy atom. The first kappa shape index (κ1) is 8.05. The van der Waals surface area contributed by atoms with E-state index in [0.717, 1.165) is 5.92 Å². The lowest BCUT2D eigenvalue weighted by Gasteiger charge is -2.34. The van der Waals surface area contributed by atoms with Crippen molar-refractivity contribution >= 4 is 0 Å². The lowest BCUT2D eigenvalue weighted by molar-refractivity contribution is 0.203. The van der Waals surface area contributed by atoms with Gasteiger partial charge in [0.25, 0.3) is 0 Å². The number of hydrogen-bond acceptors (Lipinski definition) is 1. The van der Waals surface area contributed by atoms with E-state index in [9.17, 15) is 0 Å². The van der Waals surface area contributed by atoms with Crippen molar-refractivity contribution in [3.8, 4) is 0 Å². The Morgan fingerprint density at radius 3 is 2.77 bits per heavy atom. The van der Waals surface area contributed by atoms with Crippen molar-refractivity contribution in [1.29, 1.82) is 0 Å². The van der Waals surface area contributed by atoms with Gasteiger partial charge in [0.2, 0.25) is 0 Å². The topological polar surface area (TPSA) is 26.0 Å². The molecule has 3 aliphatic rings. The summed E-state index contributed by atoms with van der Waals surface area (Å²) in [6.07, 6.45) is 6.10. The van der Waals surface area contributed by atoms with E-state index in [1.165, 1.54) is 19.3 Å². The van der Waals surface area contributed by atoms with Crippen molar-refractivity contribution in [2.75, 3.05) is 0 Å². The molecule has 1 nitrogen and oxygen atoms in total. The van der Waals surface area contributed by atoms with Crippen LogP contribution in [0.3, 0.4) is 0 Å². The van der Waals surface area contributed by atoms with E-state index < -0.39 is 0 Å². The highest BCUT2D eigenvalue weighted by Gasteiger charge is 2.76. The SMILES string of the molecule is C=CC12CC1C(C)C1(N)CC1(C)C2. The second kappa shape index (κ2) is 1.75. The standard InChI is InChI=1S/C12H19N/c1-4-11-5-9(11)8(2)12(13)7-10(12,3)6-11/h4,8-9H,1,5-7,13H2,2-3H3. The van der Waals surface area contributed by atoms with E-state index in [4.69, 9.17) is 5.73 Å². The van der Waals surface area contributed by atoms with Crippen LogP contribution in [0.25, 0.3) is 0 Å². The summed E-state index contributed by atoms with van der Waals surface area (Å²) in [7, 11) is 0. The number of allylic oxidation sites excluding steroid dienone is 1. The molecule has 0 aromatic carbocycles. The van der Waals surface area contributed by atoms with E-state index in [1.54, 1.807) is 0 Å². The van der Waals surface area contributed by atoms with Gasteiger partial charge in [0.1, 0.15) is 0 Å². The minimum absolute atomic E-state index is 0.181. The minimum Gasteiger partial charge on any atom is -0.324 e. The van der Waals surface area contributed by atoms with Gasteiger partial charge in [-0.3, -0.25) is 0 Å². The molecule has 13 heavy (non-hydrogen) atoms. The van der Waals surface area contributed by atoms with Gasteiger partial charge in [0.15, 0.2) is 0 Å². The first-order valence-electron chi connectivity index (χ1n) is 5.40. The molecule has 0 radical (unpaired) electrons. The number of hydrogen-bond donors (Lipinski definition) is 1. The molecule has 3 saturated carbocycles. The van der Waals surface area contributed by atoms with Crippen LogP contribution in [0, 0.1) is 22.7 Å². The maximum Gasteiger partial charge on any atom is 0.0244 e. The first-order chi connectivity index (χ1) is 5.97. The maximum absolute atomic E-state index is 6.43. The Bertz CT molecular complexity index is 297. The van der Waals surface area contributed by atoms with Crippen LogP contribution in [-0.2, 0) is 0 Å². The molecule has 2 N–H and O–H groups in total. The average Bonchev–Trinajstić information content (AvgIpc) is 2.89. The number of rotatable bonds is 1. The molecule has 5 unspecified atom stereocenters. The average molecular weight is 177 g/mol. The zero-order valence-electron chi connectivity index (χ0n) is 8.64. The second-order valence-electron chi connectivity index (χ2n) is 5.99. The van der Waals surface area contributed by atoms with Crippen LogP contribution in [0.5, 0.6) is 0 Å². The van der Waals surface area contributed by atoms with Crippen molar-refractivity contribution in [1.82, 2.24) is 0 Å². The van der Waals surface area contributed by atoms with Crippen LogP contribution in [-0.4, -0.2) is 5.54 Å². The third kappa shape index (κ3) is 0.665. The predicted molar refractivity (Wildman–Crippen MR) is 54.2 cm³/mol. The Morgan fingerprint density at radius 1 is 1.46 bits per heavy atom. The fourth-order valence-corrected chi connectivity index (χ4v) is 4.16. The molecule has 0 bridgehead atoms. The predicted octanol–water partition coefficient (Wildman–Crippen LogP) is 2.33. The second-order valence-corrected chi connectivity index (χ2v) is 5.99. The van der Waals surface area contributed by atoms with Crippen LogP contribution in [0.4, 0.5) is 0 Å². The van der Waals surface area contributed by atoms with Crippen molar-refractivity contribution in [3.63, 3.8) is 0 Å². The van der Waals surface area contributed by atoms with Gasteiger partial charge in [-0.25, -0.2) is 0 Å². The Labute approximate surface area is 80.4 Å². The van der Waals surface area contributed by atoms with Crippen LogP contribution in [0.2, 0.25) is 0 Å². The minimum atomic E-state index is 0.181. The van der Waals surface area contributed by atoms with Crippen LogP contribution in [0.15, 0.2) is 12.7 Å². The molecule has 0 saturated heterocycles. The summed E-state index contributed by atoms with van der Waals surface area (Å²) in [5.41, 5.74) is 7.54. The lowest BCUT2D eigenvalue weighted by atomic mass is 9.73. The largest absolute Gasteiger partial charge is 0.324 e. The highest BCUT2D eigenvalue weighted by molar-refractivity contribution is 5.33. The summed E-state index contributed by atoms with van der Waals surface area (Å²) < 4.78 is 0. The van der Waals surface area contributed by atoms with E-state index in [1.807, 2.05) is 0 Å². The van der Waals surface area contributed by atoms with Crippen molar-refractivity contribution < 1.29 is 0 Å². The highest BCUT2D eigenvalue weighted by Crippen LogP contribution is 2.78. The smallest absolute Gasteiger partial charge is 0.0244 e. The van der Waals surface area contributed by atoms with Gasteiger partial charge in [-0.2, -0.15) is 0 Å². The van der Waals surface area contributed by atoms with Gasteiger partial charge in [-0.05, 0) is 41.9 Å². The first-order valence-corrected chi connectivity index (χ1v) is 5.40. The number of fused-ring (bicyclic) bond motifs is 2. The molecule has 3 fully saturated rings. The van der Waals surface area contributed by atoms with Crippen molar-refractivity contribution in [2.45, 2.75) is 38.6 Å². The lowest BCUT2D eigenvalue weighted by Crippen LogP contribution is -2.42. The molecule has 0 aromatic heterocycles. The van der Waals surface area contributed by atoms with Gasteiger partial charge in [-0.1, -0.05) is 19.9 Å². The van der Waals surface area contributed by atoms with Gasteiger partial charge >= 0.3 is 0 Å². The fraction of sp³-hybridized carbons (Fsp3) is 0.833. The molecule has 0 heterocycles. The van der Waals surface area contributed by atoms with Crippen molar-refractivity contribution in [3.05, 3.63) is 12.7 Å². The summed E-state index contributed by atoms with van der Waals surface area (Å²) >= 11 is 0. The summed E-state index contributed by atoms with van der Waals surface area (Å²) in [5, 5.41) is 0. The quantitative estimate of drug-likeness (QED) is 0.611. The zero-order chi connectivity index (χ0) is 9.48. The molecule has 0 spiro atoms. The molecule has 0 amide bonds. The molecular formula is C12H19N. The van der Waals surface area contributed by atoms with Gasteiger partial charge in [0.05, 0.1) is 0 Å². The molecule has 0 aromatic rings. The summed E-state index contributed by atoms with van der Waals surface area (Å²) in [6.45, 7) is 8.71. The molecule has 3 aliphatic carbocycles.